The lowest BCUT2D eigenvalue weighted by Crippen LogP contribution is -2.40. The van der Waals surface area contributed by atoms with Crippen molar-refractivity contribution in [2.24, 2.45) is 5.73 Å². The molecule has 0 aliphatic rings. The van der Waals surface area contributed by atoms with E-state index in [-0.39, 0.29) is 5.91 Å². The van der Waals surface area contributed by atoms with E-state index in [1.807, 2.05) is 32.0 Å². The molecule has 0 bridgehead atoms. The van der Waals surface area contributed by atoms with Gasteiger partial charge in [-0.1, -0.05) is 25.5 Å². The second-order valence-electron chi connectivity index (χ2n) is 5.42. The summed E-state index contributed by atoms with van der Waals surface area (Å²) in [6.07, 6.45) is 2.42. The number of nitrogens with one attached hydrogen (secondary N) is 1. The van der Waals surface area contributed by atoms with Crippen LogP contribution in [0.15, 0.2) is 18.2 Å². The van der Waals surface area contributed by atoms with Crippen LogP contribution >= 0.6 is 0 Å². The standard InChI is InChI=1S/C17H28N2O3/c1-4-6-15(18)17(20)19-12-14-8-7-13(2)11-16(14)22-10-5-9-21-3/h7-8,11,15H,4-6,9-10,12,18H2,1-3H3,(H,19,20). The minimum Gasteiger partial charge on any atom is -0.493 e. The molecule has 1 unspecified atom stereocenters. The summed E-state index contributed by atoms with van der Waals surface area (Å²) in [5, 5.41) is 2.88. The number of hydrogen-bond acceptors (Lipinski definition) is 4. The third-order valence-corrected chi connectivity index (χ3v) is 3.36. The van der Waals surface area contributed by atoms with Gasteiger partial charge in [-0.25, -0.2) is 0 Å². The van der Waals surface area contributed by atoms with Gasteiger partial charge in [-0.15, -0.1) is 0 Å². The number of hydrogen-bond donors (Lipinski definition) is 2. The Morgan fingerprint density at radius 3 is 2.82 bits per heavy atom. The largest absolute Gasteiger partial charge is 0.493 e. The average Bonchev–Trinajstić information content (AvgIpc) is 2.50. The Bertz CT molecular complexity index is 463. The molecule has 1 amide bonds. The Labute approximate surface area is 133 Å². The summed E-state index contributed by atoms with van der Waals surface area (Å²) in [5.74, 6) is 0.688. The zero-order valence-electron chi connectivity index (χ0n) is 13.9. The molecule has 124 valence electrons. The maximum atomic E-state index is 11.9. The summed E-state index contributed by atoms with van der Waals surface area (Å²) in [6, 6.07) is 5.53. The van der Waals surface area contributed by atoms with Gasteiger partial charge in [0.1, 0.15) is 5.75 Å². The van der Waals surface area contributed by atoms with Crippen molar-refractivity contribution < 1.29 is 14.3 Å². The molecule has 3 N–H and O–H groups in total. The van der Waals surface area contributed by atoms with E-state index in [0.29, 0.717) is 26.2 Å². The lowest BCUT2D eigenvalue weighted by molar-refractivity contribution is -0.122. The zero-order valence-corrected chi connectivity index (χ0v) is 13.9. The first-order valence-electron chi connectivity index (χ1n) is 7.83. The van der Waals surface area contributed by atoms with Gasteiger partial charge in [0.25, 0.3) is 0 Å². The fourth-order valence-electron chi connectivity index (χ4n) is 2.08. The van der Waals surface area contributed by atoms with Crippen molar-refractivity contribution in [1.82, 2.24) is 5.32 Å². The van der Waals surface area contributed by atoms with Gasteiger partial charge >= 0.3 is 0 Å². The number of rotatable bonds is 10. The van der Waals surface area contributed by atoms with Crippen LogP contribution in [0.4, 0.5) is 0 Å². The number of methoxy groups -OCH3 is 1. The first-order chi connectivity index (χ1) is 10.6. The molecule has 1 aromatic rings. The third-order valence-electron chi connectivity index (χ3n) is 3.36. The maximum absolute atomic E-state index is 11.9. The molecular weight excluding hydrogens is 280 g/mol. The molecule has 5 nitrogen and oxygen atoms in total. The molecule has 0 spiro atoms. The predicted molar refractivity (Wildman–Crippen MR) is 87.9 cm³/mol. The van der Waals surface area contributed by atoms with Gasteiger partial charge in [-0.05, 0) is 25.0 Å². The Kier molecular flexibility index (Phi) is 8.55. The van der Waals surface area contributed by atoms with E-state index in [9.17, 15) is 4.79 Å². The predicted octanol–water partition coefficient (Wildman–Crippen LogP) is 2.15. The van der Waals surface area contributed by atoms with Crippen LogP contribution < -0.4 is 15.8 Å². The Balaban J connectivity index is 2.59. The minimum atomic E-state index is -0.443. The summed E-state index contributed by atoms with van der Waals surface area (Å²) >= 11 is 0. The monoisotopic (exact) mass is 308 g/mol. The fourth-order valence-corrected chi connectivity index (χ4v) is 2.08. The van der Waals surface area contributed by atoms with Crippen molar-refractivity contribution in [3.05, 3.63) is 29.3 Å². The number of aryl methyl sites for hydroxylation is 1. The van der Waals surface area contributed by atoms with Gasteiger partial charge in [0.05, 0.1) is 12.6 Å². The SMILES string of the molecule is CCCC(N)C(=O)NCc1ccc(C)cc1OCCCOC. The maximum Gasteiger partial charge on any atom is 0.237 e. The number of ether oxygens (including phenoxy) is 2. The molecule has 1 aromatic carbocycles. The Morgan fingerprint density at radius 2 is 2.14 bits per heavy atom. The summed E-state index contributed by atoms with van der Waals surface area (Å²) in [6.45, 7) is 5.72. The van der Waals surface area contributed by atoms with E-state index in [2.05, 4.69) is 5.32 Å². The molecule has 0 aromatic heterocycles. The normalized spacial score (nSPS) is 12.0. The van der Waals surface area contributed by atoms with Gasteiger partial charge in [0.2, 0.25) is 5.91 Å². The van der Waals surface area contributed by atoms with Gasteiger partial charge in [-0.3, -0.25) is 4.79 Å². The number of nitrogens with two attached hydrogens (primary N) is 1. The van der Waals surface area contributed by atoms with Crippen molar-refractivity contribution in [1.29, 1.82) is 0 Å². The molecule has 0 saturated carbocycles. The van der Waals surface area contributed by atoms with Crippen LogP contribution in [0.3, 0.4) is 0 Å². The molecular formula is C17H28N2O3. The second kappa shape index (κ2) is 10.2. The van der Waals surface area contributed by atoms with Crippen LogP contribution in [-0.4, -0.2) is 32.3 Å². The molecule has 0 fully saturated rings. The van der Waals surface area contributed by atoms with E-state index >= 15 is 0 Å². The van der Waals surface area contributed by atoms with Crippen molar-refractivity contribution in [2.75, 3.05) is 20.3 Å². The first-order valence-corrected chi connectivity index (χ1v) is 7.83. The molecule has 1 atom stereocenters. The van der Waals surface area contributed by atoms with Crippen LogP contribution in [0.5, 0.6) is 5.75 Å². The molecule has 0 aliphatic heterocycles. The average molecular weight is 308 g/mol. The van der Waals surface area contributed by atoms with E-state index in [1.165, 1.54) is 0 Å². The summed E-state index contributed by atoms with van der Waals surface area (Å²) < 4.78 is 10.8. The van der Waals surface area contributed by atoms with E-state index < -0.39 is 6.04 Å². The molecule has 22 heavy (non-hydrogen) atoms. The number of carbonyl (C=O) groups excluding carboxylic acids is 1. The number of carbonyl (C=O) groups is 1. The van der Waals surface area contributed by atoms with Crippen molar-refractivity contribution >= 4 is 5.91 Å². The Morgan fingerprint density at radius 1 is 1.36 bits per heavy atom. The van der Waals surface area contributed by atoms with Crippen LogP contribution in [-0.2, 0) is 16.1 Å². The summed E-state index contributed by atoms with van der Waals surface area (Å²) in [5.41, 5.74) is 7.89. The fraction of sp³-hybridized carbons (Fsp3) is 0.588. The lowest BCUT2D eigenvalue weighted by atomic mass is 10.1. The molecule has 0 heterocycles. The number of benzene rings is 1. The lowest BCUT2D eigenvalue weighted by Gasteiger charge is -2.15. The van der Waals surface area contributed by atoms with Gasteiger partial charge in [-0.2, -0.15) is 0 Å². The van der Waals surface area contributed by atoms with Crippen molar-refractivity contribution in [2.45, 2.75) is 45.7 Å². The minimum absolute atomic E-state index is 0.118. The number of amides is 1. The highest BCUT2D eigenvalue weighted by Crippen LogP contribution is 2.20. The molecule has 1 rings (SSSR count). The zero-order chi connectivity index (χ0) is 16.4. The van der Waals surface area contributed by atoms with Gasteiger partial charge in [0.15, 0.2) is 0 Å². The molecule has 0 saturated heterocycles. The molecule has 5 heteroatoms. The topological polar surface area (TPSA) is 73.6 Å². The van der Waals surface area contributed by atoms with Crippen molar-refractivity contribution in [3.8, 4) is 5.75 Å². The Hall–Kier alpha value is -1.59. The highest BCUT2D eigenvalue weighted by molar-refractivity contribution is 5.81. The van der Waals surface area contributed by atoms with Crippen molar-refractivity contribution in [3.63, 3.8) is 0 Å². The highest BCUT2D eigenvalue weighted by atomic mass is 16.5. The first kappa shape index (κ1) is 18.5. The molecule has 0 radical (unpaired) electrons. The van der Waals surface area contributed by atoms with E-state index in [1.54, 1.807) is 7.11 Å². The second-order valence-corrected chi connectivity index (χ2v) is 5.42. The van der Waals surface area contributed by atoms with Gasteiger partial charge < -0.3 is 20.5 Å². The third kappa shape index (κ3) is 6.45. The van der Waals surface area contributed by atoms with E-state index in [4.69, 9.17) is 15.2 Å². The highest BCUT2D eigenvalue weighted by Gasteiger charge is 2.13. The summed E-state index contributed by atoms with van der Waals surface area (Å²) in [4.78, 5) is 11.9. The smallest absolute Gasteiger partial charge is 0.237 e. The van der Waals surface area contributed by atoms with Crippen LogP contribution in [0, 0.1) is 6.92 Å². The molecule has 0 aliphatic carbocycles. The van der Waals surface area contributed by atoms with Crippen LogP contribution in [0.2, 0.25) is 0 Å². The quantitative estimate of drug-likeness (QED) is 0.650. The van der Waals surface area contributed by atoms with Gasteiger partial charge in [0, 0.05) is 32.2 Å². The van der Waals surface area contributed by atoms with Crippen LogP contribution in [0.25, 0.3) is 0 Å². The van der Waals surface area contributed by atoms with E-state index in [0.717, 1.165) is 29.7 Å². The summed E-state index contributed by atoms with van der Waals surface area (Å²) in [7, 11) is 1.67. The van der Waals surface area contributed by atoms with Crippen LogP contribution in [0.1, 0.15) is 37.3 Å².